The molecule has 1 aliphatic heterocycles. The van der Waals surface area contributed by atoms with Crippen LogP contribution in [0.3, 0.4) is 0 Å². The molecule has 0 amide bonds. The summed E-state index contributed by atoms with van der Waals surface area (Å²) in [5.41, 5.74) is 0.123. The smallest absolute Gasteiger partial charge is 0.230 e. The fourth-order valence-electron chi connectivity index (χ4n) is 0.745. The quantitative estimate of drug-likeness (QED) is 0.509. The Kier molecular flexibility index (Phi) is 2.74. The van der Waals surface area contributed by atoms with Crippen molar-refractivity contribution in [3.8, 4) is 0 Å². The molecule has 1 rings (SSSR count). The summed E-state index contributed by atoms with van der Waals surface area (Å²) >= 11 is 0. The molecule has 5 nitrogen and oxygen atoms in total. The molecule has 0 aromatic rings. The zero-order valence-electron chi connectivity index (χ0n) is 6.77. The van der Waals surface area contributed by atoms with Gasteiger partial charge in [0.15, 0.2) is 11.6 Å². The second kappa shape index (κ2) is 3.80. The maximum Gasteiger partial charge on any atom is 0.230 e. The molecule has 0 aromatic heterocycles. The summed E-state index contributed by atoms with van der Waals surface area (Å²) in [5.74, 6) is 1.96. The molecule has 0 spiro atoms. The van der Waals surface area contributed by atoms with E-state index < -0.39 is 6.23 Å². The summed E-state index contributed by atoms with van der Waals surface area (Å²) in [6, 6.07) is 0. The van der Waals surface area contributed by atoms with E-state index >= 15 is 0 Å². The molecule has 0 fully saturated rings. The molecule has 0 radical (unpaired) electrons. The summed E-state index contributed by atoms with van der Waals surface area (Å²) in [6.45, 7) is 0. The van der Waals surface area contributed by atoms with Gasteiger partial charge < -0.3 is 9.47 Å². The first kappa shape index (κ1) is 8.64. The molecule has 0 saturated carbocycles. The van der Waals surface area contributed by atoms with Gasteiger partial charge in [-0.25, -0.2) is 14.8 Å². The summed E-state index contributed by atoms with van der Waals surface area (Å²) in [4.78, 5) is 17.9. The average molecular weight is 168 g/mol. The molecule has 0 aromatic carbocycles. The highest BCUT2D eigenvalue weighted by molar-refractivity contribution is 6.27. The molecule has 0 N–H and O–H groups in total. The van der Waals surface area contributed by atoms with Gasteiger partial charge >= 0.3 is 0 Å². The Bertz CT molecular complexity index is 276. The van der Waals surface area contributed by atoms with Crippen LogP contribution in [0.2, 0.25) is 0 Å². The van der Waals surface area contributed by atoms with Crippen molar-refractivity contribution in [2.24, 2.45) is 9.98 Å². The Morgan fingerprint density at radius 3 is 2.83 bits per heavy atom. The first-order valence-corrected chi connectivity index (χ1v) is 3.25. The Morgan fingerprint density at radius 1 is 1.58 bits per heavy atom. The van der Waals surface area contributed by atoms with Crippen LogP contribution in [0.1, 0.15) is 0 Å². The van der Waals surface area contributed by atoms with E-state index in [1.165, 1.54) is 20.4 Å². The molecule has 0 saturated heterocycles. The van der Waals surface area contributed by atoms with Gasteiger partial charge in [0.1, 0.15) is 0 Å². The number of carbonyl (C=O) groups excluding carboxylic acids is 1. The third-order valence-electron chi connectivity index (χ3n) is 1.33. The number of nitrogens with zero attached hydrogens (tertiary/aromatic N) is 2. The van der Waals surface area contributed by atoms with Crippen molar-refractivity contribution < 1.29 is 14.3 Å². The summed E-state index contributed by atoms with van der Waals surface area (Å²) in [5, 5.41) is 0. The first-order valence-electron chi connectivity index (χ1n) is 3.25. The minimum atomic E-state index is -0.692. The molecule has 0 aliphatic carbocycles. The molecular weight excluding hydrogens is 160 g/mol. The van der Waals surface area contributed by atoms with Crippen LogP contribution in [0.15, 0.2) is 15.7 Å². The molecule has 1 aliphatic rings. The van der Waals surface area contributed by atoms with Gasteiger partial charge in [-0.1, -0.05) is 0 Å². The van der Waals surface area contributed by atoms with Crippen molar-refractivity contribution in [3.63, 3.8) is 0 Å². The van der Waals surface area contributed by atoms with Crippen molar-refractivity contribution >= 4 is 18.1 Å². The molecule has 5 heteroatoms. The molecule has 64 valence electrons. The Labute approximate surface area is 69.4 Å². The Hall–Kier alpha value is -1.45. The molecule has 0 bridgehead atoms. The van der Waals surface area contributed by atoms with Crippen molar-refractivity contribution in [1.82, 2.24) is 0 Å². The lowest BCUT2D eigenvalue weighted by atomic mass is 10.4. The van der Waals surface area contributed by atoms with Crippen molar-refractivity contribution in [1.29, 1.82) is 0 Å². The average Bonchev–Trinajstić information content (AvgIpc) is 2.16. The first-order chi connectivity index (χ1) is 5.81. The van der Waals surface area contributed by atoms with E-state index in [4.69, 9.17) is 9.47 Å². The monoisotopic (exact) mass is 168 g/mol. The highest BCUT2D eigenvalue weighted by atomic mass is 16.5. The third-order valence-corrected chi connectivity index (χ3v) is 1.33. The van der Waals surface area contributed by atoms with Crippen LogP contribution in [-0.2, 0) is 14.3 Å². The molecule has 1 atom stereocenters. The predicted molar refractivity (Wildman–Crippen MR) is 42.9 cm³/mol. The lowest BCUT2D eigenvalue weighted by molar-refractivity contribution is 0.136. The van der Waals surface area contributed by atoms with E-state index in [0.29, 0.717) is 5.90 Å². The zero-order chi connectivity index (χ0) is 8.97. The number of aliphatic imine (C=N–C) groups is 2. The molecule has 12 heavy (non-hydrogen) atoms. The Balaban J connectivity index is 2.89. The van der Waals surface area contributed by atoms with Crippen LogP contribution in [0.5, 0.6) is 0 Å². The SMILES string of the molecule is COC1=NC(OC)C(=C=O)N=C1. The van der Waals surface area contributed by atoms with E-state index in [0.717, 1.165) is 0 Å². The zero-order valence-corrected chi connectivity index (χ0v) is 6.77. The molecule has 1 unspecified atom stereocenters. The number of ether oxygens (including phenoxy) is 2. The number of rotatable bonds is 1. The minimum Gasteiger partial charge on any atom is -0.480 e. The third kappa shape index (κ3) is 1.58. The normalized spacial score (nSPS) is 21.7. The highest BCUT2D eigenvalue weighted by Gasteiger charge is 2.17. The standard InChI is InChI=1S/C7H8N2O3/c1-11-6-3-8-5(4-10)7(9-6)12-2/h3,7H,1-2H3. The topological polar surface area (TPSA) is 60.2 Å². The fourth-order valence-corrected chi connectivity index (χ4v) is 0.745. The van der Waals surface area contributed by atoms with Gasteiger partial charge in [0.05, 0.1) is 13.3 Å². The van der Waals surface area contributed by atoms with Crippen molar-refractivity contribution in [2.75, 3.05) is 14.2 Å². The maximum absolute atomic E-state index is 10.3. The van der Waals surface area contributed by atoms with Crippen LogP contribution in [0, 0.1) is 0 Å². The van der Waals surface area contributed by atoms with E-state index in [2.05, 4.69) is 9.98 Å². The summed E-state index contributed by atoms with van der Waals surface area (Å²) in [6.07, 6.45) is 0.651. The Morgan fingerprint density at radius 2 is 2.33 bits per heavy atom. The van der Waals surface area contributed by atoms with E-state index in [9.17, 15) is 4.79 Å². The minimum absolute atomic E-state index is 0.123. The summed E-state index contributed by atoms with van der Waals surface area (Å²) in [7, 11) is 2.90. The number of hydrogen-bond acceptors (Lipinski definition) is 5. The highest BCUT2D eigenvalue weighted by Crippen LogP contribution is 2.09. The van der Waals surface area contributed by atoms with Gasteiger partial charge in [0.25, 0.3) is 0 Å². The van der Waals surface area contributed by atoms with E-state index in [-0.39, 0.29) is 5.70 Å². The van der Waals surface area contributed by atoms with Crippen LogP contribution >= 0.6 is 0 Å². The predicted octanol–water partition coefficient (Wildman–Crippen LogP) is -0.196. The van der Waals surface area contributed by atoms with Gasteiger partial charge in [-0.3, -0.25) is 0 Å². The van der Waals surface area contributed by atoms with Gasteiger partial charge in [-0.2, -0.15) is 0 Å². The molecule has 1 heterocycles. The fraction of sp³-hybridized carbons (Fsp3) is 0.429. The summed E-state index contributed by atoms with van der Waals surface area (Å²) < 4.78 is 9.64. The van der Waals surface area contributed by atoms with Gasteiger partial charge in [-0.15, -0.1) is 0 Å². The lowest BCUT2D eigenvalue weighted by Gasteiger charge is -2.12. The number of methoxy groups -OCH3 is 2. The van der Waals surface area contributed by atoms with Crippen LogP contribution in [-0.4, -0.2) is 38.5 Å². The largest absolute Gasteiger partial charge is 0.480 e. The van der Waals surface area contributed by atoms with Gasteiger partial charge in [-0.05, 0) is 0 Å². The number of hydrogen-bond donors (Lipinski definition) is 0. The van der Waals surface area contributed by atoms with Crippen molar-refractivity contribution in [3.05, 3.63) is 5.70 Å². The maximum atomic E-state index is 10.3. The molecular formula is C7H8N2O3. The van der Waals surface area contributed by atoms with E-state index in [1.54, 1.807) is 5.94 Å². The van der Waals surface area contributed by atoms with Gasteiger partial charge in [0, 0.05) is 7.11 Å². The second-order valence-corrected chi connectivity index (χ2v) is 2.01. The van der Waals surface area contributed by atoms with E-state index in [1.807, 2.05) is 0 Å². The van der Waals surface area contributed by atoms with Crippen molar-refractivity contribution in [2.45, 2.75) is 6.23 Å². The van der Waals surface area contributed by atoms with Gasteiger partial charge in [0.2, 0.25) is 12.1 Å². The second-order valence-electron chi connectivity index (χ2n) is 2.01. The van der Waals surface area contributed by atoms with Crippen LogP contribution in [0.25, 0.3) is 0 Å². The lowest BCUT2D eigenvalue weighted by Crippen LogP contribution is -2.20. The van der Waals surface area contributed by atoms with Crippen LogP contribution < -0.4 is 0 Å². The van der Waals surface area contributed by atoms with Crippen LogP contribution in [0.4, 0.5) is 0 Å².